The van der Waals surface area contributed by atoms with Gasteiger partial charge in [-0.15, -0.1) is 0 Å². The highest BCUT2D eigenvalue weighted by Crippen LogP contribution is 2.21. The van der Waals surface area contributed by atoms with Gasteiger partial charge in [-0.25, -0.2) is 4.98 Å². The van der Waals surface area contributed by atoms with E-state index >= 15 is 0 Å². The van der Waals surface area contributed by atoms with Crippen molar-refractivity contribution in [2.75, 3.05) is 36.5 Å². The molecule has 6 nitrogen and oxygen atoms in total. The molecule has 1 aromatic heterocycles. The molecule has 0 saturated carbocycles. The van der Waals surface area contributed by atoms with Crippen LogP contribution in [-0.2, 0) is 4.74 Å². The average Bonchev–Trinajstić information content (AvgIpc) is 2.56. The fraction of sp³-hybridized carbons (Fsp3) is 0.312. The number of aromatic nitrogens is 2. The van der Waals surface area contributed by atoms with E-state index in [0.29, 0.717) is 30.4 Å². The molecule has 0 aliphatic carbocycles. The maximum Gasteiger partial charge on any atom is 0.229 e. The number of nitrogens with one attached hydrogen (secondary N) is 1. The maximum absolute atomic E-state index is 9.16. The number of para-hydroxylation sites is 1. The van der Waals surface area contributed by atoms with Gasteiger partial charge < -0.3 is 15.0 Å². The summed E-state index contributed by atoms with van der Waals surface area (Å²) < 4.78 is 5.37. The molecule has 0 spiro atoms. The normalized spacial score (nSPS) is 14.5. The molecule has 1 aliphatic heterocycles. The van der Waals surface area contributed by atoms with Gasteiger partial charge >= 0.3 is 0 Å². The molecule has 2 heterocycles. The Kier molecular flexibility index (Phi) is 4.17. The second-order valence-corrected chi connectivity index (χ2v) is 5.07. The van der Waals surface area contributed by atoms with Crippen LogP contribution in [0.5, 0.6) is 0 Å². The van der Waals surface area contributed by atoms with Gasteiger partial charge in [0.15, 0.2) is 0 Å². The third kappa shape index (κ3) is 3.15. The van der Waals surface area contributed by atoms with Crippen LogP contribution in [0.3, 0.4) is 0 Å². The van der Waals surface area contributed by atoms with Crippen molar-refractivity contribution in [1.82, 2.24) is 9.97 Å². The molecule has 1 fully saturated rings. The number of anilines is 3. The lowest BCUT2D eigenvalue weighted by Gasteiger charge is -2.28. The fourth-order valence-electron chi connectivity index (χ4n) is 2.37. The summed E-state index contributed by atoms with van der Waals surface area (Å²) in [7, 11) is 0. The van der Waals surface area contributed by atoms with Gasteiger partial charge in [0.05, 0.1) is 24.5 Å². The Bertz CT molecular complexity index is 704. The zero-order valence-electron chi connectivity index (χ0n) is 12.4. The first-order valence-electron chi connectivity index (χ1n) is 7.21. The minimum Gasteiger partial charge on any atom is -0.378 e. The van der Waals surface area contributed by atoms with Crippen molar-refractivity contribution in [3.8, 4) is 6.07 Å². The van der Waals surface area contributed by atoms with Gasteiger partial charge in [-0.2, -0.15) is 10.2 Å². The lowest BCUT2D eigenvalue weighted by Crippen LogP contribution is -2.36. The first-order chi connectivity index (χ1) is 10.8. The van der Waals surface area contributed by atoms with Crippen molar-refractivity contribution < 1.29 is 4.74 Å². The van der Waals surface area contributed by atoms with Crippen LogP contribution in [0.2, 0.25) is 0 Å². The van der Waals surface area contributed by atoms with E-state index in [-0.39, 0.29) is 0 Å². The fourth-order valence-corrected chi connectivity index (χ4v) is 2.37. The van der Waals surface area contributed by atoms with Crippen molar-refractivity contribution in [3.05, 3.63) is 41.6 Å². The number of nitrogens with zero attached hydrogens (tertiary/aromatic N) is 4. The van der Waals surface area contributed by atoms with Crippen LogP contribution in [0, 0.1) is 18.3 Å². The number of ether oxygens (including phenoxy) is 1. The summed E-state index contributed by atoms with van der Waals surface area (Å²) in [5.74, 6) is 1.39. The van der Waals surface area contributed by atoms with E-state index in [2.05, 4.69) is 26.3 Å². The highest BCUT2D eigenvalue weighted by Gasteiger charge is 2.14. The molecule has 6 heteroatoms. The molecule has 0 amide bonds. The Balaban J connectivity index is 1.88. The molecule has 0 atom stereocenters. The number of nitriles is 1. The molecule has 1 aliphatic rings. The van der Waals surface area contributed by atoms with Crippen LogP contribution >= 0.6 is 0 Å². The Hall–Kier alpha value is -2.65. The highest BCUT2D eigenvalue weighted by molar-refractivity contribution is 5.63. The number of rotatable bonds is 3. The van der Waals surface area contributed by atoms with Gasteiger partial charge in [-0.05, 0) is 19.1 Å². The van der Waals surface area contributed by atoms with Crippen LogP contribution < -0.4 is 10.2 Å². The van der Waals surface area contributed by atoms with E-state index < -0.39 is 0 Å². The second-order valence-electron chi connectivity index (χ2n) is 5.07. The predicted octanol–water partition coefficient (Wildman–Crippen LogP) is 2.24. The quantitative estimate of drug-likeness (QED) is 0.936. The summed E-state index contributed by atoms with van der Waals surface area (Å²) in [5, 5.41) is 12.3. The predicted molar refractivity (Wildman–Crippen MR) is 84.2 cm³/mol. The van der Waals surface area contributed by atoms with Gasteiger partial charge in [-0.1, -0.05) is 12.1 Å². The van der Waals surface area contributed by atoms with E-state index in [1.807, 2.05) is 31.2 Å². The molecule has 0 unspecified atom stereocenters. The summed E-state index contributed by atoms with van der Waals surface area (Å²) in [6.45, 7) is 5.01. The third-order valence-corrected chi connectivity index (χ3v) is 3.47. The van der Waals surface area contributed by atoms with Crippen LogP contribution in [-0.4, -0.2) is 36.3 Å². The Morgan fingerprint density at radius 1 is 1.23 bits per heavy atom. The molecule has 1 aromatic carbocycles. The van der Waals surface area contributed by atoms with Gasteiger partial charge in [0.2, 0.25) is 5.95 Å². The van der Waals surface area contributed by atoms with Crippen LogP contribution in [0.25, 0.3) is 0 Å². The molecular weight excluding hydrogens is 278 g/mol. The van der Waals surface area contributed by atoms with Gasteiger partial charge in [-0.3, -0.25) is 0 Å². The first kappa shape index (κ1) is 14.3. The van der Waals surface area contributed by atoms with Gasteiger partial charge in [0, 0.05) is 24.8 Å². The lowest BCUT2D eigenvalue weighted by atomic mass is 10.2. The smallest absolute Gasteiger partial charge is 0.229 e. The van der Waals surface area contributed by atoms with Crippen molar-refractivity contribution in [2.24, 2.45) is 0 Å². The van der Waals surface area contributed by atoms with Crippen LogP contribution in [0.4, 0.5) is 17.5 Å². The van der Waals surface area contributed by atoms with Crippen molar-refractivity contribution in [3.63, 3.8) is 0 Å². The third-order valence-electron chi connectivity index (χ3n) is 3.47. The van der Waals surface area contributed by atoms with Crippen LogP contribution in [0.1, 0.15) is 11.3 Å². The Morgan fingerprint density at radius 3 is 2.77 bits per heavy atom. The summed E-state index contributed by atoms with van der Waals surface area (Å²) in [5.41, 5.74) is 2.16. The van der Waals surface area contributed by atoms with E-state index in [1.165, 1.54) is 0 Å². The topological polar surface area (TPSA) is 74.1 Å². The van der Waals surface area contributed by atoms with E-state index in [0.717, 1.165) is 24.6 Å². The molecule has 2 aromatic rings. The minimum absolute atomic E-state index is 0.504. The van der Waals surface area contributed by atoms with Gasteiger partial charge in [0.25, 0.3) is 0 Å². The van der Waals surface area contributed by atoms with E-state index in [4.69, 9.17) is 10.00 Å². The van der Waals surface area contributed by atoms with Crippen molar-refractivity contribution in [2.45, 2.75) is 6.92 Å². The Morgan fingerprint density at radius 2 is 2.00 bits per heavy atom. The largest absolute Gasteiger partial charge is 0.378 e. The number of benzene rings is 1. The molecular formula is C16H17N5O. The first-order valence-corrected chi connectivity index (χ1v) is 7.21. The summed E-state index contributed by atoms with van der Waals surface area (Å²) in [6.07, 6.45) is 0. The van der Waals surface area contributed by atoms with E-state index in [9.17, 15) is 0 Å². The summed E-state index contributed by atoms with van der Waals surface area (Å²) >= 11 is 0. The highest BCUT2D eigenvalue weighted by atomic mass is 16.5. The van der Waals surface area contributed by atoms with Crippen molar-refractivity contribution in [1.29, 1.82) is 5.26 Å². The van der Waals surface area contributed by atoms with Crippen molar-refractivity contribution >= 4 is 17.5 Å². The number of hydrogen-bond acceptors (Lipinski definition) is 6. The summed E-state index contributed by atoms with van der Waals surface area (Å²) in [6, 6.07) is 11.4. The molecule has 0 bridgehead atoms. The molecule has 112 valence electrons. The summed E-state index contributed by atoms with van der Waals surface area (Å²) in [4.78, 5) is 11.2. The number of morpholine rings is 1. The Labute approximate surface area is 129 Å². The average molecular weight is 295 g/mol. The molecule has 22 heavy (non-hydrogen) atoms. The van der Waals surface area contributed by atoms with E-state index in [1.54, 1.807) is 6.07 Å². The number of aryl methyl sites for hydroxylation is 1. The maximum atomic E-state index is 9.16. The monoisotopic (exact) mass is 295 g/mol. The SMILES string of the molecule is Cc1cc(N2CCOCC2)nc(Nc2ccccc2C#N)n1. The molecule has 0 radical (unpaired) electrons. The standard InChI is InChI=1S/C16H17N5O/c1-12-10-15(21-6-8-22-9-7-21)20-16(18-12)19-14-5-3-2-4-13(14)11-17/h2-5,10H,6-9H2,1H3,(H,18,19,20). The second kappa shape index (κ2) is 6.41. The molecule has 1 N–H and O–H groups in total. The number of hydrogen-bond donors (Lipinski definition) is 1. The zero-order valence-corrected chi connectivity index (χ0v) is 12.4. The zero-order chi connectivity index (χ0) is 15.4. The van der Waals surface area contributed by atoms with Gasteiger partial charge in [0.1, 0.15) is 11.9 Å². The lowest BCUT2D eigenvalue weighted by molar-refractivity contribution is 0.122. The minimum atomic E-state index is 0.504. The molecule has 1 saturated heterocycles. The van der Waals surface area contributed by atoms with Crippen LogP contribution in [0.15, 0.2) is 30.3 Å². The molecule has 3 rings (SSSR count).